The molecule has 0 bridgehead atoms. The van der Waals surface area contributed by atoms with E-state index < -0.39 is 11.8 Å². The number of rotatable bonds is 8. The van der Waals surface area contributed by atoms with Crippen molar-refractivity contribution in [1.29, 1.82) is 0 Å². The lowest BCUT2D eigenvalue weighted by Gasteiger charge is -2.35. The van der Waals surface area contributed by atoms with Gasteiger partial charge in [0.05, 0.1) is 18.8 Å². The molecule has 2 fully saturated rings. The van der Waals surface area contributed by atoms with Crippen LogP contribution in [0.4, 0.5) is 0 Å². The van der Waals surface area contributed by atoms with Crippen LogP contribution >= 0.6 is 0 Å². The predicted octanol–water partition coefficient (Wildman–Crippen LogP) is 1.63. The van der Waals surface area contributed by atoms with E-state index in [0.29, 0.717) is 12.5 Å². The predicted molar refractivity (Wildman–Crippen MR) is 121 cm³/mol. The molecule has 1 aromatic carbocycles. The van der Waals surface area contributed by atoms with Gasteiger partial charge in [-0.2, -0.15) is 0 Å². The molecule has 1 aliphatic carbocycles. The summed E-state index contributed by atoms with van der Waals surface area (Å²) in [6.07, 6.45) is 6.64. The minimum absolute atomic E-state index is 0.00199. The number of carbonyl (C=O) groups is 3. The molecular weight excluding hydrogens is 410 g/mol. The lowest BCUT2D eigenvalue weighted by molar-refractivity contribution is -0.144. The maximum atomic E-state index is 12.2. The van der Waals surface area contributed by atoms with Crippen LogP contribution < -0.4 is 15.4 Å². The molecule has 176 valence electrons. The zero-order valence-corrected chi connectivity index (χ0v) is 19.0. The number of amides is 2. The van der Waals surface area contributed by atoms with Gasteiger partial charge >= 0.3 is 11.8 Å². The second kappa shape index (κ2) is 12.0. The second-order valence-corrected chi connectivity index (χ2v) is 8.80. The van der Waals surface area contributed by atoms with Gasteiger partial charge in [-0.15, -0.1) is 0 Å². The van der Waals surface area contributed by atoms with Gasteiger partial charge in [-0.1, -0.05) is 18.2 Å². The van der Waals surface area contributed by atoms with E-state index in [1.54, 1.807) is 14.1 Å². The fraction of sp³-hybridized carbons (Fsp3) is 0.625. The van der Waals surface area contributed by atoms with Gasteiger partial charge in [0.1, 0.15) is 12.4 Å². The zero-order valence-electron chi connectivity index (χ0n) is 19.0. The van der Waals surface area contributed by atoms with E-state index in [2.05, 4.69) is 16.7 Å². The number of nitrogens with one attached hydrogen (secondary N) is 2. The highest BCUT2D eigenvalue weighted by atomic mass is 16.5. The Bertz CT molecular complexity index is 777. The van der Waals surface area contributed by atoms with Crippen molar-refractivity contribution in [1.82, 2.24) is 15.5 Å². The fourth-order valence-electron chi connectivity index (χ4n) is 4.59. The average molecular weight is 446 g/mol. The molecule has 1 aliphatic heterocycles. The van der Waals surface area contributed by atoms with Crippen molar-refractivity contribution in [3.63, 3.8) is 0 Å². The molecule has 1 aromatic rings. The minimum atomic E-state index is -0.565. The van der Waals surface area contributed by atoms with E-state index in [9.17, 15) is 14.4 Å². The third-order valence-electron chi connectivity index (χ3n) is 6.35. The van der Waals surface area contributed by atoms with Crippen LogP contribution in [0.2, 0.25) is 0 Å². The van der Waals surface area contributed by atoms with E-state index in [1.165, 1.54) is 4.90 Å². The lowest BCUT2D eigenvalue weighted by atomic mass is 9.82. The SMILES string of the molecule is CN(C)C(=O)C(=O)N[C@H]1CCCN[C@H]1COC1CCC(c2ccccc2OCC=O)CC1. The van der Waals surface area contributed by atoms with Crippen molar-refractivity contribution in [2.24, 2.45) is 0 Å². The van der Waals surface area contributed by atoms with Crippen molar-refractivity contribution in [2.45, 2.75) is 62.6 Å². The van der Waals surface area contributed by atoms with Crippen LogP contribution in [0, 0.1) is 0 Å². The number of aldehydes is 1. The number of hydrogen-bond donors (Lipinski definition) is 2. The molecule has 0 spiro atoms. The number of hydrogen-bond acceptors (Lipinski definition) is 6. The Morgan fingerprint density at radius 2 is 1.91 bits per heavy atom. The van der Waals surface area contributed by atoms with Crippen LogP contribution in [-0.2, 0) is 19.1 Å². The summed E-state index contributed by atoms with van der Waals surface area (Å²) >= 11 is 0. The summed E-state index contributed by atoms with van der Waals surface area (Å²) in [4.78, 5) is 36.0. The molecule has 8 nitrogen and oxygen atoms in total. The van der Waals surface area contributed by atoms with Crippen molar-refractivity contribution in [2.75, 3.05) is 33.9 Å². The maximum absolute atomic E-state index is 12.2. The van der Waals surface area contributed by atoms with Crippen LogP contribution in [0.3, 0.4) is 0 Å². The molecule has 8 heteroatoms. The first-order valence-corrected chi connectivity index (χ1v) is 11.5. The molecule has 0 radical (unpaired) electrons. The molecule has 0 unspecified atom stereocenters. The van der Waals surface area contributed by atoms with Crippen LogP contribution in [0.15, 0.2) is 24.3 Å². The van der Waals surface area contributed by atoms with Crippen LogP contribution in [0.5, 0.6) is 5.75 Å². The number of ether oxygens (including phenoxy) is 2. The van der Waals surface area contributed by atoms with Gasteiger partial charge in [-0.3, -0.25) is 14.4 Å². The number of benzene rings is 1. The molecule has 32 heavy (non-hydrogen) atoms. The van der Waals surface area contributed by atoms with E-state index >= 15 is 0 Å². The second-order valence-electron chi connectivity index (χ2n) is 8.80. The van der Waals surface area contributed by atoms with Crippen LogP contribution in [0.1, 0.15) is 50.0 Å². The van der Waals surface area contributed by atoms with Crippen molar-refractivity contribution in [3.8, 4) is 5.75 Å². The van der Waals surface area contributed by atoms with Gasteiger partial charge < -0.3 is 25.0 Å². The zero-order chi connectivity index (χ0) is 22.9. The number of likely N-dealkylation sites (N-methyl/N-ethyl adjacent to an activating group) is 1. The van der Waals surface area contributed by atoms with Crippen molar-refractivity contribution >= 4 is 18.1 Å². The van der Waals surface area contributed by atoms with Crippen LogP contribution in [0.25, 0.3) is 0 Å². The summed E-state index contributed by atoms with van der Waals surface area (Å²) < 4.78 is 11.8. The summed E-state index contributed by atoms with van der Waals surface area (Å²) in [5.74, 6) is 0.0893. The Kier molecular flexibility index (Phi) is 9.05. The van der Waals surface area contributed by atoms with Crippen LogP contribution in [-0.4, -0.2) is 75.0 Å². The van der Waals surface area contributed by atoms with E-state index in [0.717, 1.165) is 62.7 Å². The molecule has 0 aromatic heterocycles. The Balaban J connectivity index is 1.48. The average Bonchev–Trinajstić information content (AvgIpc) is 2.82. The first kappa shape index (κ1) is 24.2. The standard InChI is InChI=1S/C24H35N3O5/c1-27(2)24(30)23(29)26-20-7-5-13-25-21(20)16-32-18-11-9-17(10-12-18)19-6-3-4-8-22(19)31-15-14-28/h3-4,6,8,14,17-18,20-21,25H,5,7,9-13,15-16H2,1-2H3,(H,26,29)/t17?,18?,20-,21-/m0/s1. The Hall–Kier alpha value is -2.45. The number of para-hydroxylation sites is 1. The van der Waals surface area contributed by atoms with Gasteiger partial charge in [0.2, 0.25) is 0 Å². The summed E-state index contributed by atoms with van der Waals surface area (Å²) in [6, 6.07) is 7.83. The highest BCUT2D eigenvalue weighted by Crippen LogP contribution is 2.38. The molecule has 2 atom stereocenters. The summed E-state index contributed by atoms with van der Waals surface area (Å²) in [5, 5.41) is 6.31. The summed E-state index contributed by atoms with van der Waals surface area (Å²) in [6.45, 7) is 1.46. The third-order valence-corrected chi connectivity index (χ3v) is 6.35. The molecule has 2 N–H and O–H groups in total. The largest absolute Gasteiger partial charge is 0.486 e. The van der Waals surface area contributed by atoms with Gasteiger partial charge in [-0.05, 0) is 62.6 Å². The van der Waals surface area contributed by atoms with E-state index in [-0.39, 0.29) is 24.8 Å². The van der Waals surface area contributed by atoms with Gasteiger partial charge in [0, 0.05) is 20.1 Å². The normalized spacial score (nSPS) is 25.6. The Labute approximate surface area is 190 Å². The highest BCUT2D eigenvalue weighted by Gasteiger charge is 2.31. The topological polar surface area (TPSA) is 97.0 Å². The lowest BCUT2D eigenvalue weighted by Crippen LogP contribution is -2.57. The number of nitrogens with zero attached hydrogens (tertiary/aromatic N) is 1. The summed E-state index contributed by atoms with van der Waals surface area (Å²) in [7, 11) is 3.15. The summed E-state index contributed by atoms with van der Waals surface area (Å²) in [5.41, 5.74) is 1.16. The monoisotopic (exact) mass is 445 g/mol. The molecule has 1 saturated carbocycles. The van der Waals surface area contributed by atoms with E-state index in [4.69, 9.17) is 9.47 Å². The highest BCUT2D eigenvalue weighted by molar-refractivity contribution is 6.34. The molecule has 2 aliphatic rings. The number of piperidine rings is 1. The molecular formula is C24H35N3O5. The maximum Gasteiger partial charge on any atom is 0.311 e. The molecule has 3 rings (SSSR count). The first-order chi connectivity index (χ1) is 15.5. The molecule has 1 heterocycles. The van der Waals surface area contributed by atoms with E-state index in [1.807, 2.05) is 18.2 Å². The van der Waals surface area contributed by atoms with Crippen molar-refractivity contribution < 1.29 is 23.9 Å². The van der Waals surface area contributed by atoms with Crippen molar-refractivity contribution in [3.05, 3.63) is 29.8 Å². The molecule has 1 saturated heterocycles. The fourth-order valence-corrected chi connectivity index (χ4v) is 4.59. The van der Waals surface area contributed by atoms with Gasteiger partial charge in [0.25, 0.3) is 0 Å². The smallest absolute Gasteiger partial charge is 0.311 e. The Morgan fingerprint density at radius 1 is 1.16 bits per heavy atom. The first-order valence-electron chi connectivity index (χ1n) is 11.5. The quantitative estimate of drug-likeness (QED) is 0.466. The molecule has 2 amide bonds. The van der Waals surface area contributed by atoms with Gasteiger partial charge in [0.15, 0.2) is 6.29 Å². The number of carbonyl (C=O) groups excluding carboxylic acids is 3. The minimum Gasteiger partial charge on any atom is -0.486 e. The Morgan fingerprint density at radius 3 is 2.62 bits per heavy atom. The van der Waals surface area contributed by atoms with Gasteiger partial charge in [-0.25, -0.2) is 0 Å². The third kappa shape index (κ3) is 6.53.